The van der Waals surface area contributed by atoms with Gasteiger partial charge in [-0.15, -0.1) is 0 Å². The maximum atomic E-state index is 12.3. The summed E-state index contributed by atoms with van der Waals surface area (Å²) in [6.45, 7) is 6.45. The fourth-order valence-corrected chi connectivity index (χ4v) is 3.74. The second-order valence-corrected chi connectivity index (χ2v) is 7.80. The first-order valence-corrected chi connectivity index (χ1v) is 10.2. The number of nitrogens with zero attached hydrogens (tertiary/aromatic N) is 8. The van der Waals surface area contributed by atoms with Crippen molar-refractivity contribution >= 4 is 22.9 Å². The fraction of sp³-hybridized carbons (Fsp3) is 0.500. The summed E-state index contributed by atoms with van der Waals surface area (Å²) in [6.07, 6.45) is 5.98. The van der Waals surface area contributed by atoms with Gasteiger partial charge in [-0.3, -0.25) is 4.79 Å². The number of amides is 1. The van der Waals surface area contributed by atoms with Crippen LogP contribution >= 0.6 is 0 Å². The normalized spacial score (nSPS) is 16.6. The molecular formula is C20H27N9O. The summed E-state index contributed by atoms with van der Waals surface area (Å²) in [5.41, 5.74) is 2.32. The number of likely N-dealkylation sites (tertiary alicyclic amines) is 1. The van der Waals surface area contributed by atoms with Crippen LogP contribution in [-0.4, -0.2) is 85.0 Å². The predicted molar refractivity (Wildman–Crippen MR) is 114 cm³/mol. The van der Waals surface area contributed by atoms with Crippen molar-refractivity contribution in [1.29, 1.82) is 0 Å². The van der Waals surface area contributed by atoms with Crippen molar-refractivity contribution in [2.75, 3.05) is 39.0 Å². The predicted octanol–water partition coefficient (Wildman–Crippen LogP) is 1.19. The van der Waals surface area contributed by atoms with Crippen molar-refractivity contribution in [3.8, 4) is 11.4 Å². The Morgan fingerprint density at radius 2 is 2.00 bits per heavy atom. The molecule has 1 atom stereocenters. The molecule has 0 spiro atoms. The third-order valence-electron chi connectivity index (χ3n) is 5.22. The number of imidazole rings is 1. The first-order valence-electron chi connectivity index (χ1n) is 10.2. The van der Waals surface area contributed by atoms with E-state index >= 15 is 0 Å². The van der Waals surface area contributed by atoms with Gasteiger partial charge in [0.25, 0.3) is 0 Å². The van der Waals surface area contributed by atoms with E-state index < -0.39 is 0 Å². The average Bonchev–Trinajstić information content (AvgIpc) is 3.33. The molecule has 1 amide bonds. The van der Waals surface area contributed by atoms with Gasteiger partial charge in [-0.25, -0.2) is 24.9 Å². The highest BCUT2D eigenvalue weighted by Gasteiger charge is 2.27. The van der Waals surface area contributed by atoms with Crippen molar-refractivity contribution in [3.63, 3.8) is 0 Å². The average molecular weight is 409 g/mol. The summed E-state index contributed by atoms with van der Waals surface area (Å²) in [5.74, 6) is 2.32. The summed E-state index contributed by atoms with van der Waals surface area (Å²) in [6, 6.07) is 0.132. The van der Waals surface area contributed by atoms with Crippen LogP contribution in [0, 0.1) is 6.92 Å². The van der Waals surface area contributed by atoms with Gasteiger partial charge in [0, 0.05) is 38.1 Å². The molecule has 0 aromatic carbocycles. The number of anilines is 1. The molecule has 0 bridgehead atoms. The quantitative estimate of drug-likeness (QED) is 0.647. The number of aryl methyl sites for hydroxylation is 2. The van der Waals surface area contributed by atoms with Gasteiger partial charge in [0.05, 0.1) is 12.1 Å². The van der Waals surface area contributed by atoms with Crippen LogP contribution in [0.3, 0.4) is 0 Å². The Balaban J connectivity index is 1.60. The lowest BCUT2D eigenvalue weighted by Crippen LogP contribution is -2.37. The number of likely N-dealkylation sites (N-methyl/N-ethyl adjacent to an activating group) is 1. The highest BCUT2D eigenvalue weighted by Crippen LogP contribution is 2.27. The standard InChI is InChI=1S/C20H27N9O/c1-5-29-19(14-8-21-13(2)22-9-14)26-17-18(23-12-24-20(17)29)25-15-6-7-28(10-15)16(30)11-27(3)4/h8-9,12,15H,5-7,10-11H2,1-4H3,(H,23,24,25). The number of hydrogen-bond acceptors (Lipinski definition) is 8. The molecule has 1 fully saturated rings. The molecule has 158 valence electrons. The van der Waals surface area contributed by atoms with Gasteiger partial charge < -0.3 is 19.7 Å². The molecule has 4 heterocycles. The number of carbonyl (C=O) groups is 1. The van der Waals surface area contributed by atoms with Crippen LogP contribution in [-0.2, 0) is 11.3 Å². The number of hydrogen-bond donors (Lipinski definition) is 1. The Kier molecular flexibility index (Phi) is 5.58. The zero-order valence-electron chi connectivity index (χ0n) is 17.8. The molecule has 1 unspecified atom stereocenters. The molecule has 0 aliphatic carbocycles. The van der Waals surface area contributed by atoms with Crippen molar-refractivity contribution in [2.45, 2.75) is 32.9 Å². The second kappa shape index (κ2) is 8.31. The highest BCUT2D eigenvalue weighted by molar-refractivity contribution is 5.86. The summed E-state index contributed by atoms with van der Waals surface area (Å²) in [4.78, 5) is 38.5. The summed E-state index contributed by atoms with van der Waals surface area (Å²) >= 11 is 0. The molecule has 3 aromatic heterocycles. The van der Waals surface area contributed by atoms with Crippen LogP contribution in [0.15, 0.2) is 18.7 Å². The molecular weight excluding hydrogens is 382 g/mol. The largest absolute Gasteiger partial charge is 0.364 e. The lowest BCUT2D eigenvalue weighted by molar-refractivity contribution is -0.130. The number of rotatable bonds is 6. The third-order valence-corrected chi connectivity index (χ3v) is 5.22. The number of nitrogens with one attached hydrogen (secondary N) is 1. The molecule has 1 saturated heterocycles. The van der Waals surface area contributed by atoms with Crippen molar-refractivity contribution in [3.05, 3.63) is 24.5 Å². The van der Waals surface area contributed by atoms with Crippen molar-refractivity contribution in [1.82, 2.24) is 39.3 Å². The van der Waals surface area contributed by atoms with Gasteiger partial charge in [0.1, 0.15) is 18.0 Å². The zero-order valence-corrected chi connectivity index (χ0v) is 17.8. The smallest absolute Gasteiger partial charge is 0.236 e. The molecule has 1 aliphatic rings. The van der Waals surface area contributed by atoms with E-state index in [0.717, 1.165) is 35.8 Å². The summed E-state index contributed by atoms with van der Waals surface area (Å²) < 4.78 is 2.04. The molecule has 0 radical (unpaired) electrons. The summed E-state index contributed by atoms with van der Waals surface area (Å²) in [5, 5.41) is 3.48. The highest BCUT2D eigenvalue weighted by atomic mass is 16.2. The molecule has 30 heavy (non-hydrogen) atoms. The fourth-order valence-electron chi connectivity index (χ4n) is 3.74. The molecule has 4 rings (SSSR count). The van der Waals surface area contributed by atoms with Crippen LogP contribution in [0.1, 0.15) is 19.2 Å². The minimum absolute atomic E-state index is 0.132. The van der Waals surface area contributed by atoms with E-state index in [-0.39, 0.29) is 11.9 Å². The van der Waals surface area contributed by atoms with E-state index in [1.54, 1.807) is 18.7 Å². The van der Waals surface area contributed by atoms with Crippen LogP contribution in [0.2, 0.25) is 0 Å². The summed E-state index contributed by atoms with van der Waals surface area (Å²) in [7, 11) is 3.81. The van der Waals surface area contributed by atoms with Gasteiger partial charge in [-0.05, 0) is 34.4 Å². The SMILES string of the molecule is CCn1c(-c2cnc(C)nc2)nc2c(NC3CCN(C(=O)CN(C)C)C3)ncnc21. The van der Waals surface area contributed by atoms with Crippen LogP contribution in [0.5, 0.6) is 0 Å². The van der Waals surface area contributed by atoms with E-state index in [4.69, 9.17) is 4.98 Å². The Labute approximate surface area is 175 Å². The lowest BCUT2D eigenvalue weighted by atomic mass is 10.2. The first kappa shape index (κ1) is 20.1. The van der Waals surface area contributed by atoms with Gasteiger partial charge in [-0.1, -0.05) is 0 Å². The number of aromatic nitrogens is 6. The Morgan fingerprint density at radius 1 is 1.23 bits per heavy atom. The molecule has 0 saturated carbocycles. The van der Waals surface area contributed by atoms with Crippen molar-refractivity contribution < 1.29 is 4.79 Å². The molecule has 1 N–H and O–H groups in total. The van der Waals surface area contributed by atoms with Crippen LogP contribution < -0.4 is 5.32 Å². The second-order valence-electron chi connectivity index (χ2n) is 7.80. The van der Waals surface area contributed by atoms with E-state index in [0.29, 0.717) is 31.0 Å². The van der Waals surface area contributed by atoms with Crippen LogP contribution in [0.4, 0.5) is 5.82 Å². The Morgan fingerprint density at radius 3 is 2.70 bits per heavy atom. The first-order chi connectivity index (χ1) is 14.5. The zero-order chi connectivity index (χ0) is 21.3. The van der Waals surface area contributed by atoms with Gasteiger partial charge in [0.15, 0.2) is 17.0 Å². The van der Waals surface area contributed by atoms with E-state index in [9.17, 15) is 4.79 Å². The van der Waals surface area contributed by atoms with Crippen LogP contribution in [0.25, 0.3) is 22.6 Å². The van der Waals surface area contributed by atoms with Crippen molar-refractivity contribution in [2.24, 2.45) is 0 Å². The van der Waals surface area contributed by atoms with Gasteiger partial charge in [0.2, 0.25) is 5.91 Å². The maximum Gasteiger partial charge on any atom is 0.236 e. The third kappa shape index (κ3) is 3.95. The molecule has 10 heteroatoms. The lowest BCUT2D eigenvalue weighted by Gasteiger charge is -2.19. The number of fused-ring (bicyclic) bond motifs is 1. The van der Waals surface area contributed by atoms with E-state index in [1.807, 2.05) is 35.4 Å². The van der Waals surface area contributed by atoms with E-state index in [1.165, 1.54) is 0 Å². The number of carbonyl (C=O) groups excluding carboxylic acids is 1. The molecule has 3 aromatic rings. The van der Waals surface area contributed by atoms with Gasteiger partial charge >= 0.3 is 0 Å². The monoisotopic (exact) mass is 409 g/mol. The molecule has 1 aliphatic heterocycles. The minimum atomic E-state index is 0.132. The maximum absolute atomic E-state index is 12.3. The Bertz CT molecular complexity index is 1040. The Hall–Kier alpha value is -3.14. The minimum Gasteiger partial charge on any atom is -0.364 e. The van der Waals surface area contributed by atoms with Gasteiger partial charge in [-0.2, -0.15) is 0 Å². The molecule has 10 nitrogen and oxygen atoms in total. The van der Waals surface area contributed by atoms with E-state index in [2.05, 4.69) is 32.2 Å². The topological polar surface area (TPSA) is 105 Å².